The van der Waals surface area contributed by atoms with Crippen molar-refractivity contribution in [2.45, 2.75) is 32.9 Å². The molecular formula is C21H22ClN3O4S. The van der Waals surface area contributed by atoms with Crippen molar-refractivity contribution in [3.8, 4) is 5.69 Å². The Bertz CT molecular complexity index is 1230. The Hall–Kier alpha value is -2.42. The molecule has 4 rings (SSSR count). The zero-order valence-corrected chi connectivity index (χ0v) is 18.4. The number of carbonyl (C=O) groups excluding carboxylic acids is 1. The number of carbonyl (C=O) groups is 1. The Balaban J connectivity index is 1.99. The van der Waals surface area contributed by atoms with Crippen molar-refractivity contribution in [2.24, 2.45) is 0 Å². The van der Waals surface area contributed by atoms with Gasteiger partial charge in [-0.3, -0.25) is 19.1 Å². The number of esters is 1. The maximum Gasteiger partial charge on any atom is 0.337 e. The highest BCUT2D eigenvalue weighted by Gasteiger charge is 2.27. The van der Waals surface area contributed by atoms with Gasteiger partial charge in [0.25, 0.3) is 5.56 Å². The molecule has 1 aliphatic heterocycles. The van der Waals surface area contributed by atoms with E-state index in [4.69, 9.17) is 16.3 Å². The molecule has 2 aromatic heterocycles. The predicted octanol–water partition coefficient (Wildman–Crippen LogP) is 2.81. The van der Waals surface area contributed by atoms with Gasteiger partial charge in [-0.2, -0.15) is 0 Å². The number of rotatable bonds is 5. The number of methoxy groups -OCH3 is 1. The van der Waals surface area contributed by atoms with E-state index in [0.717, 1.165) is 47.5 Å². The largest absolute Gasteiger partial charge is 0.468 e. The van der Waals surface area contributed by atoms with Gasteiger partial charge in [-0.15, -0.1) is 11.3 Å². The Morgan fingerprint density at radius 3 is 2.63 bits per heavy atom. The van der Waals surface area contributed by atoms with Gasteiger partial charge in [0, 0.05) is 23.0 Å². The fourth-order valence-electron chi connectivity index (χ4n) is 3.92. The molecule has 0 N–H and O–H groups in total. The van der Waals surface area contributed by atoms with Gasteiger partial charge in [-0.05, 0) is 49.2 Å². The van der Waals surface area contributed by atoms with Crippen LogP contribution in [-0.2, 0) is 29.0 Å². The number of halogens is 1. The number of thiophene rings is 1. The fourth-order valence-corrected chi connectivity index (χ4v) is 5.42. The minimum atomic E-state index is -0.566. The number of ether oxygens (including phenoxy) is 1. The third-order valence-electron chi connectivity index (χ3n) is 5.34. The first-order valence-electron chi connectivity index (χ1n) is 9.79. The Morgan fingerprint density at radius 2 is 1.97 bits per heavy atom. The molecule has 1 aromatic carbocycles. The molecule has 0 saturated heterocycles. The predicted molar refractivity (Wildman–Crippen MR) is 118 cm³/mol. The van der Waals surface area contributed by atoms with E-state index >= 15 is 0 Å². The summed E-state index contributed by atoms with van der Waals surface area (Å²) in [5, 5.41) is 1.02. The summed E-state index contributed by atoms with van der Waals surface area (Å²) < 4.78 is 7.26. The van der Waals surface area contributed by atoms with Crippen LogP contribution in [0, 0.1) is 0 Å². The van der Waals surface area contributed by atoms with Crippen molar-refractivity contribution in [1.29, 1.82) is 0 Å². The molecule has 3 aromatic rings. The highest BCUT2D eigenvalue weighted by Crippen LogP contribution is 2.33. The van der Waals surface area contributed by atoms with Gasteiger partial charge in [-0.25, -0.2) is 9.36 Å². The van der Waals surface area contributed by atoms with Crippen molar-refractivity contribution in [2.75, 3.05) is 20.2 Å². The summed E-state index contributed by atoms with van der Waals surface area (Å²) in [5.41, 5.74) is 0.469. The smallest absolute Gasteiger partial charge is 0.337 e. The van der Waals surface area contributed by atoms with Crippen LogP contribution in [0.1, 0.15) is 23.8 Å². The number of fused-ring (bicyclic) bond motifs is 3. The van der Waals surface area contributed by atoms with Crippen molar-refractivity contribution < 1.29 is 9.53 Å². The maximum atomic E-state index is 13.5. The molecule has 0 atom stereocenters. The third-order valence-corrected chi connectivity index (χ3v) is 6.83. The van der Waals surface area contributed by atoms with Gasteiger partial charge in [0.15, 0.2) is 0 Å². The first-order chi connectivity index (χ1) is 14.4. The van der Waals surface area contributed by atoms with Crippen molar-refractivity contribution in [1.82, 2.24) is 14.0 Å². The zero-order chi connectivity index (χ0) is 21.4. The van der Waals surface area contributed by atoms with Crippen LogP contribution in [0.15, 0.2) is 33.9 Å². The van der Waals surface area contributed by atoms with Gasteiger partial charge in [0.05, 0.1) is 18.2 Å². The SMILES string of the molecule is CCCN1CCc2c(sc3c2c(=O)n(-c2ccc(Cl)cc2)c(=O)n3CC(=O)OC)C1. The molecule has 7 nitrogen and oxygen atoms in total. The zero-order valence-electron chi connectivity index (χ0n) is 16.8. The second-order valence-corrected chi connectivity index (χ2v) is 8.79. The van der Waals surface area contributed by atoms with Gasteiger partial charge in [-0.1, -0.05) is 18.5 Å². The highest BCUT2D eigenvalue weighted by molar-refractivity contribution is 7.18. The van der Waals surface area contributed by atoms with E-state index in [9.17, 15) is 14.4 Å². The summed E-state index contributed by atoms with van der Waals surface area (Å²) in [4.78, 5) is 42.8. The van der Waals surface area contributed by atoms with Crippen LogP contribution < -0.4 is 11.2 Å². The van der Waals surface area contributed by atoms with E-state index in [0.29, 0.717) is 20.9 Å². The summed E-state index contributed by atoms with van der Waals surface area (Å²) in [6.45, 7) is 4.48. The Kier molecular flexibility index (Phi) is 5.81. The minimum Gasteiger partial charge on any atom is -0.468 e. The van der Waals surface area contributed by atoms with Crippen LogP contribution in [0.25, 0.3) is 15.9 Å². The van der Waals surface area contributed by atoms with Crippen LogP contribution in [0.5, 0.6) is 0 Å². The number of hydrogen-bond donors (Lipinski definition) is 0. The summed E-state index contributed by atoms with van der Waals surface area (Å²) in [5.74, 6) is -0.543. The van der Waals surface area contributed by atoms with E-state index in [1.807, 2.05) is 0 Å². The summed E-state index contributed by atoms with van der Waals surface area (Å²) in [7, 11) is 1.28. The molecule has 158 valence electrons. The van der Waals surface area contributed by atoms with E-state index in [1.54, 1.807) is 24.3 Å². The molecule has 9 heteroatoms. The van der Waals surface area contributed by atoms with Crippen LogP contribution in [-0.4, -0.2) is 40.2 Å². The van der Waals surface area contributed by atoms with Gasteiger partial charge in [0.2, 0.25) is 0 Å². The molecular weight excluding hydrogens is 426 g/mol. The first-order valence-corrected chi connectivity index (χ1v) is 11.0. The summed E-state index contributed by atoms with van der Waals surface area (Å²) >= 11 is 7.40. The topological polar surface area (TPSA) is 73.5 Å². The van der Waals surface area contributed by atoms with Crippen LogP contribution in [0.2, 0.25) is 5.02 Å². The second kappa shape index (κ2) is 8.37. The normalized spacial score (nSPS) is 14.1. The maximum absolute atomic E-state index is 13.5. The van der Waals surface area contributed by atoms with Crippen LogP contribution in [0.4, 0.5) is 0 Å². The monoisotopic (exact) mass is 447 g/mol. The van der Waals surface area contributed by atoms with E-state index in [1.165, 1.54) is 23.0 Å². The van der Waals surface area contributed by atoms with E-state index in [2.05, 4.69) is 11.8 Å². The molecule has 0 aliphatic carbocycles. The molecule has 0 amide bonds. The fraction of sp³-hybridized carbons (Fsp3) is 0.381. The van der Waals surface area contributed by atoms with Gasteiger partial charge >= 0.3 is 11.7 Å². The lowest BCUT2D eigenvalue weighted by Gasteiger charge is -2.26. The summed E-state index contributed by atoms with van der Waals surface area (Å²) in [6, 6.07) is 6.51. The van der Waals surface area contributed by atoms with Crippen molar-refractivity contribution in [3.05, 3.63) is 60.6 Å². The first kappa shape index (κ1) is 20.8. The molecule has 0 spiro atoms. The average Bonchev–Trinajstić information content (AvgIpc) is 3.11. The molecule has 0 fully saturated rings. The van der Waals surface area contributed by atoms with Gasteiger partial charge < -0.3 is 4.74 Å². The van der Waals surface area contributed by atoms with Crippen LogP contribution in [0.3, 0.4) is 0 Å². The van der Waals surface area contributed by atoms with Gasteiger partial charge in [0.1, 0.15) is 11.4 Å². The number of aromatic nitrogens is 2. The van der Waals surface area contributed by atoms with Crippen molar-refractivity contribution >= 4 is 39.1 Å². The average molecular weight is 448 g/mol. The van der Waals surface area contributed by atoms with E-state index in [-0.39, 0.29) is 12.1 Å². The highest BCUT2D eigenvalue weighted by atomic mass is 35.5. The lowest BCUT2D eigenvalue weighted by molar-refractivity contribution is -0.141. The Labute approximate surface area is 182 Å². The van der Waals surface area contributed by atoms with Crippen LogP contribution >= 0.6 is 22.9 Å². The van der Waals surface area contributed by atoms with Crippen molar-refractivity contribution in [3.63, 3.8) is 0 Å². The number of benzene rings is 1. The lowest BCUT2D eigenvalue weighted by Crippen LogP contribution is -2.40. The quantitative estimate of drug-likeness (QED) is 0.562. The molecule has 1 aliphatic rings. The molecule has 0 saturated carbocycles. The molecule has 0 unspecified atom stereocenters. The number of hydrogen-bond acceptors (Lipinski definition) is 6. The lowest BCUT2D eigenvalue weighted by atomic mass is 10.1. The Morgan fingerprint density at radius 1 is 1.23 bits per heavy atom. The third kappa shape index (κ3) is 3.59. The second-order valence-electron chi connectivity index (χ2n) is 7.27. The minimum absolute atomic E-state index is 0.252. The summed E-state index contributed by atoms with van der Waals surface area (Å²) in [6.07, 6.45) is 1.79. The van der Waals surface area contributed by atoms with E-state index < -0.39 is 11.7 Å². The molecule has 30 heavy (non-hydrogen) atoms. The standard InChI is InChI=1S/C21H22ClN3O4S/c1-3-9-23-10-8-15-16(11-23)30-20-18(15)19(27)25(14-6-4-13(22)5-7-14)21(28)24(20)12-17(26)29-2/h4-7H,3,8-12H2,1-2H3. The molecule has 0 bridgehead atoms. The molecule has 0 radical (unpaired) electrons. The molecule has 3 heterocycles. The number of nitrogens with zero attached hydrogens (tertiary/aromatic N) is 3.